The molecule has 0 aliphatic heterocycles. The molecule has 1 heterocycles. The molecule has 0 fully saturated rings. The molecule has 1 N–H and O–H groups in total. The topological polar surface area (TPSA) is 102 Å². The molecule has 0 aliphatic carbocycles. The SMILES string of the molecule is CCC(=O)NC(=O)c1cc([N+](=O)[O-])ncc1C. The van der Waals surface area contributed by atoms with Crippen molar-refractivity contribution in [3.63, 3.8) is 0 Å². The Bertz CT molecular complexity index is 484. The highest BCUT2D eigenvalue weighted by Crippen LogP contribution is 2.13. The van der Waals surface area contributed by atoms with Gasteiger partial charge in [-0.2, -0.15) is 0 Å². The van der Waals surface area contributed by atoms with Crippen molar-refractivity contribution < 1.29 is 14.5 Å². The number of pyridine rings is 1. The number of amides is 2. The van der Waals surface area contributed by atoms with Crippen molar-refractivity contribution in [1.29, 1.82) is 0 Å². The molecule has 7 heteroatoms. The monoisotopic (exact) mass is 237 g/mol. The van der Waals surface area contributed by atoms with Crippen molar-refractivity contribution in [3.05, 3.63) is 33.5 Å². The standard InChI is InChI=1S/C10H11N3O4/c1-3-9(14)12-10(15)7-4-8(13(16)17)11-5-6(7)2/h4-5H,3H2,1-2H3,(H,12,14,15). The van der Waals surface area contributed by atoms with Crippen LogP contribution in [0.25, 0.3) is 0 Å². The van der Waals surface area contributed by atoms with Crippen molar-refractivity contribution in [2.24, 2.45) is 0 Å². The molecule has 0 aliphatic rings. The fraction of sp³-hybridized carbons (Fsp3) is 0.300. The first-order valence-corrected chi connectivity index (χ1v) is 4.91. The predicted octanol–water partition coefficient (Wildman–Crippen LogP) is 0.965. The lowest BCUT2D eigenvalue weighted by molar-refractivity contribution is -0.389. The molecular formula is C10H11N3O4. The first-order chi connectivity index (χ1) is 7.95. The first-order valence-electron chi connectivity index (χ1n) is 4.91. The minimum Gasteiger partial charge on any atom is -0.358 e. The predicted molar refractivity (Wildman–Crippen MR) is 58.4 cm³/mol. The van der Waals surface area contributed by atoms with Gasteiger partial charge in [0.15, 0.2) is 0 Å². The molecule has 1 aromatic heterocycles. The van der Waals surface area contributed by atoms with Gasteiger partial charge in [-0.3, -0.25) is 14.9 Å². The van der Waals surface area contributed by atoms with Crippen LogP contribution in [0.4, 0.5) is 5.82 Å². The normalized spacial score (nSPS) is 9.76. The molecule has 0 saturated heterocycles. The number of hydrogen-bond donors (Lipinski definition) is 1. The van der Waals surface area contributed by atoms with Gasteiger partial charge >= 0.3 is 5.82 Å². The second-order valence-electron chi connectivity index (χ2n) is 3.35. The molecule has 1 rings (SSSR count). The van der Waals surface area contributed by atoms with Gasteiger partial charge in [0.05, 0.1) is 5.56 Å². The van der Waals surface area contributed by atoms with Gasteiger partial charge in [-0.05, 0) is 16.8 Å². The molecule has 0 spiro atoms. The zero-order valence-electron chi connectivity index (χ0n) is 9.39. The summed E-state index contributed by atoms with van der Waals surface area (Å²) < 4.78 is 0. The number of aryl methyl sites for hydroxylation is 1. The number of hydrogen-bond acceptors (Lipinski definition) is 5. The molecule has 0 bridgehead atoms. The third-order valence-electron chi connectivity index (χ3n) is 2.09. The molecule has 0 atom stereocenters. The average Bonchev–Trinajstić information content (AvgIpc) is 2.28. The molecule has 0 radical (unpaired) electrons. The molecule has 1 aromatic rings. The van der Waals surface area contributed by atoms with E-state index in [2.05, 4.69) is 10.3 Å². The van der Waals surface area contributed by atoms with Crippen molar-refractivity contribution in [1.82, 2.24) is 10.3 Å². The Labute approximate surface area is 97.0 Å². The van der Waals surface area contributed by atoms with Gasteiger partial charge < -0.3 is 10.1 Å². The Morgan fingerprint density at radius 1 is 1.53 bits per heavy atom. The summed E-state index contributed by atoms with van der Waals surface area (Å²) in [5.41, 5.74) is 0.547. The first kappa shape index (κ1) is 12.8. The average molecular weight is 237 g/mol. The van der Waals surface area contributed by atoms with Crippen LogP contribution in [0.2, 0.25) is 0 Å². The van der Waals surface area contributed by atoms with Crippen LogP contribution in [0.15, 0.2) is 12.3 Å². The van der Waals surface area contributed by atoms with E-state index in [1.165, 1.54) is 6.20 Å². The van der Waals surface area contributed by atoms with Crippen molar-refractivity contribution in [2.45, 2.75) is 20.3 Å². The number of carbonyl (C=O) groups excluding carboxylic acids is 2. The summed E-state index contributed by atoms with van der Waals surface area (Å²) in [6, 6.07) is 1.05. The van der Waals surface area contributed by atoms with Crippen molar-refractivity contribution >= 4 is 17.6 Å². The highest BCUT2D eigenvalue weighted by molar-refractivity contribution is 6.05. The smallest absolute Gasteiger partial charge is 0.358 e. The van der Waals surface area contributed by atoms with E-state index in [-0.39, 0.29) is 12.0 Å². The molecule has 7 nitrogen and oxygen atoms in total. The zero-order valence-corrected chi connectivity index (χ0v) is 9.39. The molecule has 0 saturated carbocycles. The van der Waals surface area contributed by atoms with Gasteiger partial charge in [0.25, 0.3) is 5.91 Å². The van der Waals surface area contributed by atoms with Crippen molar-refractivity contribution in [2.75, 3.05) is 0 Å². The maximum Gasteiger partial charge on any atom is 0.364 e. The molecule has 17 heavy (non-hydrogen) atoms. The van der Waals surface area contributed by atoms with E-state index >= 15 is 0 Å². The van der Waals surface area contributed by atoms with Gasteiger partial charge in [-0.15, -0.1) is 0 Å². The van der Waals surface area contributed by atoms with E-state index in [4.69, 9.17) is 0 Å². The van der Waals surface area contributed by atoms with Crippen LogP contribution in [0.1, 0.15) is 29.3 Å². The van der Waals surface area contributed by atoms with Crippen molar-refractivity contribution in [3.8, 4) is 0 Å². The number of carbonyl (C=O) groups is 2. The summed E-state index contributed by atoms with van der Waals surface area (Å²) in [6.45, 7) is 3.19. The van der Waals surface area contributed by atoms with Gasteiger partial charge in [0, 0.05) is 18.1 Å². The molecular weight excluding hydrogens is 226 g/mol. The zero-order chi connectivity index (χ0) is 13.0. The summed E-state index contributed by atoms with van der Waals surface area (Å²) in [4.78, 5) is 36.0. The Morgan fingerprint density at radius 2 is 2.18 bits per heavy atom. The van der Waals surface area contributed by atoms with Crippen LogP contribution in [-0.2, 0) is 4.79 Å². The van der Waals surface area contributed by atoms with E-state index < -0.39 is 22.6 Å². The molecule has 0 unspecified atom stereocenters. The number of imide groups is 1. The Kier molecular flexibility index (Phi) is 3.86. The van der Waals surface area contributed by atoms with Crippen LogP contribution in [0, 0.1) is 17.0 Å². The van der Waals surface area contributed by atoms with Gasteiger partial charge in [-0.1, -0.05) is 6.92 Å². The van der Waals surface area contributed by atoms with Gasteiger partial charge in [0.1, 0.15) is 6.20 Å². The summed E-state index contributed by atoms with van der Waals surface area (Å²) in [5.74, 6) is -1.52. The Hall–Kier alpha value is -2.31. The third-order valence-corrected chi connectivity index (χ3v) is 2.09. The summed E-state index contributed by atoms with van der Waals surface area (Å²) >= 11 is 0. The van der Waals surface area contributed by atoms with Crippen LogP contribution >= 0.6 is 0 Å². The molecule has 2 amide bonds. The summed E-state index contributed by atoms with van der Waals surface area (Å²) in [5, 5.41) is 12.6. The second kappa shape index (κ2) is 5.15. The minimum absolute atomic E-state index is 0.0773. The quantitative estimate of drug-likeness (QED) is 0.623. The number of nitro groups is 1. The summed E-state index contributed by atoms with van der Waals surface area (Å²) in [6.07, 6.45) is 1.39. The highest BCUT2D eigenvalue weighted by Gasteiger charge is 2.17. The van der Waals surface area contributed by atoms with Crippen LogP contribution in [0.5, 0.6) is 0 Å². The fourth-order valence-corrected chi connectivity index (χ4v) is 1.14. The highest BCUT2D eigenvalue weighted by atomic mass is 16.6. The number of nitrogens with one attached hydrogen (secondary N) is 1. The lowest BCUT2D eigenvalue weighted by atomic mass is 10.1. The molecule has 90 valence electrons. The summed E-state index contributed by atoms with van der Waals surface area (Å²) in [7, 11) is 0. The Morgan fingerprint density at radius 3 is 2.71 bits per heavy atom. The van der Waals surface area contributed by atoms with Crippen LogP contribution < -0.4 is 5.32 Å². The lowest BCUT2D eigenvalue weighted by Crippen LogP contribution is -2.30. The third kappa shape index (κ3) is 3.07. The van der Waals surface area contributed by atoms with E-state index in [9.17, 15) is 19.7 Å². The maximum atomic E-state index is 11.6. The second-order valence-corrected chi connectivity index (χ2v) is 3.35. The van der Waals surface area contributed by atoms with E-state index in [0.717, 1.165) is 6.07 Å². The van der Waals surface area contributed by atoms with Gasteiger partial charge in [-0.25, -0.2) is 0 Å². The fourth-order valence-electron chi connectivity index (χ4n) is 1.14. The maximum absolute atomic E-state index is 11.6. The van der Waals surface area contributed by atoms with E-state index in [0.29, 0.717) is 5.56 Å². The van der Waals surface area contributed by atoms with Crippen LogP contribution in [0.3, 0.4) is 0 Å². The van der Waals surface area contributed by atoms with Gasteiger partial charge in [0.2, 0.25) is 5.91 Å². The van der Waals surface area contributed by atoms with Crippen LogP contribution in [-0.4, -0.2) is 21.7 Å². The number of nitrogens with zero attached hydrogens (tertiary/aromatic N) is 2. The Balaban J connectivity index is 3.04. The molecule has 0 aromatic carbocycles. The number of rotatable bonds is 3. The minimum atomic E-state index is -0.697. The largest absolute Gasteiger partial charge is 0.364 e. The van der Waals surface area contributed by atoms with E-state index in [1.54, 1.807) is 13.8 Å². The van der Waals surface area contributed by atoms with E-state index in [1.807, 2.05) is 0 Å². The lowest BCUT2D eigenvalue weighted by Gasteiger charge is -2.04. The number of aromatic nitrogens is 1.